The number of anilines is 1. The molecule has 1 amide bonds. The molecule has 2 heterocycles. The van der Waals surface area contributed by atoms with E-state index < -0.39 is 5.97 Å². The lowest BCUT2D eigenvalue weighted by Gasteiger charge is -2.09. The first-order valence-corrected chi connectivity index (χ1v) is 10.2. The molecule has 0 atom stereocenters. The van der Waals surface area contributed by atoms with Crippen molar-refractivity contribution in [3.63, 3.8) is 0 Å². The summed E-state index contributed by atoms with van der Waals surface area (Å²) in [5, 5.41) is 16.2. The summed E-state index contributed by atoms with van der Waals surface area (Å²) in [5.74, 6) is -0.295. The van der Waals surface area contributed by atoms with Crippen LogP contribution >= 0.6 is 0 Å². The molecule has 0 aliphatic heterocycles. The molecule has 33 heavy (non-hydrogen) atoms. The van der Waals surface area contributed by atoms with E-state index in [2.05, 4.69) is 15.4 Å². The molecule has 0 fully saturated rings. The van der Waals surface area contributed by atoms with Gasteiger partial charge in [0.25, 0.3) is 5.91 Å². The summed E-state index contributed by atoms with van der Waals surface area (Å²) in [6.07, 6.45) is 1.64. The predicted molar refractivity (Wildman–Crippen MR) is 122 cm³/mol. The van der Waals surface area contributed by atoms with Crippen LogP contribution in [0.1, 0.15) is 33.3 Å². The maximum Gasteiger partial charge on any atom is 0.358 e. The number of nitriles is 1. The fourth-order valence-electron chi connectivity index (χ4n) is 3.20. The molecule has 0 aliphatic carbocycles. The number of rotatable bonds is 6. The number of carbonyl (C=O) groups excluding carboxylic acids is 2. The number of hydrogen-bond donors (Lipinski definition) is 1. The number of pyridine rings is 1. The van der Waals surface area contributed by atoms with Gasteiger partial charge in [0.05, 0.1) is 23.9 Å². The van der Waals surface area contributed by atoms with Crippen molar-refractivity contribution in [1.29, 1.82) is 5.26 Å². The summed E-state index contributed by atoms with van der Waals surface area (Å²) < 4.78 is 6.66. The van der Waals surface area contributed by atoms with Crippen LogP contribution in [0.15, 0.2) is 79.0 Å². The Labute approximate surface area is 190 Å². The second kappa shape index (κ2) is 9.58. The number of nitrogens with one attached hydrogen (secondary N) is 1. The standard InChI is InChI=1S/C25H19N5O3/c1-2-33-25(32)21-15-22(30(29-21)23-8-3-4-13-27-23)19-6-5-7-20(14-19)28-24(31)18-11-9-17(16-26)10-12-18/h3-15H,2H2,1H3,(H,28,31). The minimum absolute atomic E-state index is 0.157. The first kappa shape index (κ1) is 21.5. The highest BCUT2D eigenvalue weighted by Gasteiger charge is 2.18. The van der Waals surface area contributed by atoms with Crippen molar-refractivity contribution < 1.29 is 14.3 Å². The first-order chi connectivity index (χ1) is 16.1. The van der Waals surface area contributed by atoms with Crippen molar-refractivity contribution in [2.45, 2.75) is 6.92 Å². The Morgan fingerprint density at radius 1 is 1.06 bits per heavy atom. The topological polar surface area (TPSA) is 110 Å². The molecule has 162 valence electrons. The SMILES string of the molecule is CCOC(=O)c1cc(-c2cccc(NC(=O)c3ccc(C#N)cc3)c2)n(-c2ccccn2)n1. The van der Waals surface area contributed by atoms with Crippen LogP contribution in [0.2, 0.25) is 0 Å². The lowest BCUT2D eigenvalue weighted by atomic mass is 10.1. The van der Waals surface area contributed by atoms with Crippen LogP contribution in [0, 0.1) is 11.3 Å². The van der Waals surface area contributed by atoms with Crippen molar-refractivity contribution in [3.05, 3.63) is 95.8 Å². The van der Waals surface area contributed by atoms with Gasteiger partial charge in [-0.1, -0.05) is 18.2 Å². The van der Waals surface area contributed by atoms with Crippen LogP contribution in [0.4, 0.5) is 5.69 Å². The zero-order valence-electron chi connectivity index (χ0n) is 17.7. The third-order valence-electron chi connectivity index (χ3n) is 4.75. The van der Waals surface area contributed by atoms with Gasteiger partial charge in [0, 0.05) is 23.0 Å². The van der Waals surface area contributed by atoms with Crippen LogP contribution in [0.25, 0.3) is 17.1 Å². The maximum absolute atomic E-state index is 12.6. The van der Waals surface area contributed by atoms with Crippen molar-refractivity contribution >= 4 is 17.6 Å². The molecule has 0 saturated heterocycles. The van der Waals surface area contributed by atoms with Crippen molar-refractivity contribution in [3.8, 4) is 23.1 Å². The number of hydrogen-bond acceptors (Lipinski definition) is 6. The number of carbonyl (C=O) groups is 2. The Kier molecular flexibility index (Phi) is 6.23. The normalized spacial score (nSPS) is 10.3. The van der Waals surface area contributed by atoms with Gasteiger partial charge in [0.1, 0.15) is 0 Å². The molecule has 0 bridgehead atoms. The van der Waals surface area contributed by atoms with E-state index in [1.54, 1.807) is 78.5 Å². The summed E-state index contributed by atoms with van der Waals surface area (Å²) in [5.41, 5.74) is 2.97. The quantitative estimate of drug-likeness (QED) is 0.452. The summed E-state index contributed by atoms with van der Waals surface area (Å²) in [4.78, 5) is 29.3. The Balaban J connectivity index is 1.67. The van der Waals surface area contributed by atoms with Gasteiger partial charge in [-0.15, -0.1) is 0 Å². The van der Waals surface area contributed by atoms with Crippen LogP contribution < -0.4 is 5.32 Å². The molecular weight excluding hydrogens is 418 g/mol. The number of esters is 1. The zero-order chi connectivity index (χ0) is 23.2. The van der Waals surface area contributed by atoms with Gasteiger partial charge in [0.15, 0.2) is 11.5 Å². The highest BCUT2D eigenvalue weighted by atomic mass is 16.5. The Bertz CT molecular complexity index is 1340. The molecule has 1 N–H and O–H groups in total. The largest absolute Gasteiger partial charge is 0.461 e. The first-order valence-electron chi connectivity index (χ1n) is 10.2. The third-order valence-corrected chi connectivity index (χ3v) is 4.75. The fourth-order valence-corrected chi connectivity index (χ4v) is 3.20. The van der Waals surface area contributed by atoms with E-state index in [0.717, 1.165) is 5.56 Å². The molecule has 0 radical (unpaired) electrons. The van der Waals surface area contributed by atoms with Gasteiger partial charge in [-0.05, 0) is 61.5 Å². The van der Waals surface area contributed by atoms with E-state index in [9.17, 15) is 9.59 Å². The van der Waals surface area contributed by atoms with Crippen molar-refractivity contribution in [2.75, 3.05) is 11.9 Å². The van der Waals surface area contributed by atoms with Gasteiger partial charge >= 0.3 is 5.97 Å². The fraction of sp³-hybridized carbons (Fsp3) is 0.0800. The molecule has 0 aliphatic rings. The number of aromatic nitrogens is 3. The van der Waals surface area contributed by atoms with Crippen LogP contribution in [0.3, 0.4) is 0 Å². The van der Waals surface area contributed by atoms with Gasteiger partial charge in [-0.3, -0.25) is 4.79 Å². The molecule has 0 spiro atoms. The number of nitrogens with zero attached hydrogens (tertiary/aromatic N) is 4. The summed E-state index contributed by atoms with van der Waals surface area (Å²) in [7, 11) is 0. The monoisotopic (exact) mass is 437 g/mol. The smallest absolute Gasteiger partial charge is 0.358 e. The number of benzene rings is 2. The minimum Gasteiger partial charge on any atom is -0.461 e. The predicted octanol–water partition coefficient (Wildman–Crippen LogP) is 4.23. The van der Waals surface area contributed by atoms with E-state index in [4.69, 9.17) is 10.00 Å². The lowest BCUT2D eigenvalue weighted by molar-refractivity contribution is 0.0519. The molecule has 0 unspecified atom stereocenters. The number of ether oxygens (including phenoxy) is 1. The molecule has 4 rings (SSSR count). The van der Waals surface area contributed by atoms with E-state index in [0.29, 0.717) is 28.3 Å². The van der Waals surface area contributed by atoms with Crippen LogP contribution in [-0.4, -0.2) is 33.2 Å². The second-order valence-electron chi connectivity index (χ2n) is 6.96. The molecular formula is C25H19N5O3. The highest BCUT2D eigenvalue weighted by molar-refractivity contribution is 6.04. The van der Waals surface area contributed by atoms with E-state index >= 15 is 0 Å². The molecule has 8 nitrogen and oxygen atoms in total. The summed E-state index contributed by atoms with van der Waals surface area (Å²) in [6.45, 7) is 1.97. The summed E-state index contributed by atoms with van der Waals surface area (Å²) in [6, 6.07) is 22.6. The van der Waals surface area contributed by atoms with Gasteiger partial charge in [-0.25, -0.2) is 14.5 Å². The van der Waals surface area contributed by atoms with E-state index in [1.165, 1.54) is 0 Å². The molecule has 4 aromatic rings. The van der Waals surface area contributed by atoms with Gasteiger partial charge in [0.2, 0.25) is 0 Å². The van der Waals surface area contributed by atoms with Gasteiger partial charge in [-0.2, -0.15) is 10.4 Å². The second-order valence-corrected chi connectivity index (χ2v) is 6.96. The molecule has 2 aromatic heterocycles. The van der Waals surface area contributed by atoms with Gasteiger partial charge < -0.3 is 10.1 Å². The average Bonchev–Trinajstić information content (AvgIpc) is 3.31. The molecule has 8 heteroatoms. The Morgan fingerprint density at radius 2 is 1.88 bits per heavy atom. The van der Waals surface area contributed by atoms with Crippen LogP contribution in [-0.2, 0) is 4.74 Å². The van der Waals surface area contributed by atoms with Crippen molar-refractivity contribution in [2.24, 2.45) is 0 Å². The minimum atomic E-state index is -0.529. The third kappa shape index (κ3) is 4.78. The Morgan fingerprint density at radius 3 is 2.58 bits per heavy atom. The molecule has 0 saturated carbocycles. The highest BCUT2D eigenvalue weighted by Crippen LogP contribution is 2.26. The number of amides is 1. The Hall–Kier alpha value is -4.77. The lowest BCUT2D eigenvalue weighted by Crippen LogP contribution is -2.11. The molecule has 2 aromatic carbocycles. The van der Waals surface area contributed by atoms with E-state index in [1.807, 2.05) is 18.2 Å². The maximum atomic E-state index is 12.6. The zero-order valence-corrected chi connectivity index (χ0v) is 17.7. The van der Waals surface area contributed by atoms with E-state index in [-0.39, 0.29) is 18.2 Å². The van der Waals surface area contributed by atoms with Crippen molar-refractivity contribution in [1.82, 2.24) is 14.8 Å². The average molecular weight is 437 g/mol. The summed E-state index contributed by atoms with van der Waals surface area (Å²) >= 11 is 0. The van der Waals surface area contributed by atoms with Crippen LogP contribution in [0.5, 0.6) is 0 Å².